The first kappa shape index (κ1) is 24.0. The number of nitrogens with one attached hydrogen (secondary N) is 2. The standard InChI is InChI=1S/C27H24N4O3.ClH/c1-17-28-22-15-16-31(23-9-5-3-7-20(23)25(22)29-17)27(33)18-11-13-19(14-12-18)30-26(32)21-8-4-6-10-24(21)34-2;/h3-14H,15-16H2,1-2H3,(H,28,29)(H,30,32);1H. The maximum atomic E-state index is 13.5. The zero-order chi connectivity index (χ0) is 23.7. The fourth-order valence-corrected chi connectivity index (χ4v) is 4.30. The number of nitrogens with zero attached hydrogens (tertiary/aromatic N) is 2. The highest BCUT2D eigenvalue weighted by atomic mass is 35.5. The highest BCUT2D eigenvalue weighted by molar-refractivity contribution is 6.09. The topological polar surface area (TPSA) is 87.3 Å². The number of fused-ring (bicyclic) bond motifs is 3. The number of hydrogen-bond donors (Lipinski definition) is 2. The number of carbonyl (C=O) groups is 2. The fraction of sp³-hybridized carbons (Fsp3) is 0.148. The molecule has 1 aliphatic heterocycles. The van der Waals surface area contributed by atoms with Gasteiger partial charge >= 0.3 is 0 Å². The highest BCUT2D eigenvalue weighted by Crippen LogP contribution is 2.35. The van der Waals surface area contributed by atoms with Gasteiger partial charge < -0.3 is 19.9 Å². The summed E-state index contributed by atoms with van der Waals surface area (Å²) in [5.74, 6) is 0.991. The molecule has 0 spiro atoms. The van der Waals surface area contributed by atoms with Crippen molar-refractivity contribution in [3.05, 3.63) is 95.4 Å². The van der Waals surface area contributed by atoms with Crippen LogP contribution in [0.5, 0.6) is 5.75 Å². The van der Waals surface area contributed by atoms with E-state index in [1.165, 1.54) is 7.11 Å². The van der Waals surface area contributed by atoms with Gasteiger partial charge in [-0.2, -0.15) is 0 Å². The maximum Gasteiger partial charge on any atom is 0.259 e. The van der Waals surface area contributed by atoms with E-state index in [2.05, 4.69) is 15.3 Å². The first-order valence-corrected chi connectivity index (χ1v) is 11.1. The number of amides is 2. The quantitative estimate of drug-likeness (QED) is 0.409. The molecule has 2 amide bonds. The molecule has 0 saturated carbocycles. The second kappa shape index (κ2) is 10.0. The molecule has 0 aliphatic carbocycles. The van der Waals surface area contributed by atoms with Gasteiger partial charge in [0, 0.05) is 29.8 Å². The van der Waals surface area contributed by atoms with Crippen molar-refractivity contribution >= 4 is 35.6 Å². The van der Waals surface area contributed by atoms with E-state index in [0.717, 1.165) is 28.5 Å². The number of rotatable bonds is 4. The third kappa shape index (κ3) is 4.63. The SMILES string of the molecule is COc1ccccc1C(=O)Nc1ccc(C(=O)N2CCc3nc(C)[nH]c3-c3ccccc32)cc1.Cl. The molecule has 0 saturated heterocycles. The molecule has 0 radical (unpaired) electrons. The molecule has 4 aromatic rings. The zero-order valence-electron chi connectivity index (χ0n) is 19.4. The first-order valence-electron chi connectivity index (χ1n) is 11.1. The van der Waals surface area contributed by atoms with Crippen molar-refractivity contribution in [2.24, 2.45) is 0 Å². The van der Waals surface area contributed by atoms with E-state index >= 15 is 0 Å². The molecular formula is C27H25ClN4O3. The summed E-state index contributed by atoms with van der Waals surface area (Å²) >= 11 is 0. The molecule has 35 heavy (non-hydrogen) atoms. The van der Waals surface area contributed by atoms with Gasteiger partial charge in [0.2, 0.25) is 0 Å². The Morgan fingerprint density at radius 3 is 2.49 bits per heavy atom. The Balaban J connectivity index is 0.00000289. The Labute approximate surface area is 209 Å². The summed E-state index contributed by atoms with van der Waals surface area (Å²) in [5.41, 5.74) is 5.33. The minimum absolute atomic E-state index is 0. The molecule has 1 aliphatic rings. The number of benzene rings is 3. The van der Waals surface area contributed by atoms with Crippen molar-refractivity contribution in [3.63, 3.8) is 0 Å². The maximum absolute atomic E-state index is 13.5. The van der Waals surface area contributed by atoms with E-state index < -0.39 is 0 Å². The Bertz CT molecular complexity index is 1380. The fourth-order valence-electron chi connectivity index (χ4n) is 4.30. The lowest BCUT2D eigenvalue weighted by Crippen LogP contribution is -2.32. The largest absolute Gasteiger partial charge is 0.496 e. The summed E-state index contributed by atoms with van der Waals surface area (Å²) in [7, 11) is 1.53. The Morgan fingerprint density at radius 2 is 1.71 bits per heavy atom. The summed E-state index contributed by atoms with van der Waals surface area (Å²) in [6.45, 7) is 2.47. The highest BCUT2D eigenvalue weighted by Gasteiger charge is 2.26. The summed E-state index contributed by atoms with van der Waals surface area (Å²) in [6.07, 6.45) is 0.660. The number of carbonyl (C=O) groups excluding carboxylic acids is 2. The van der Waals surface area contributed by atoms with Crippen LogP contribution in [0, 0.1) is 6.92 Å². The molecule has 178 valence electrons. The van der Waals surface area contributed by atoms with Crippen LogP contribution in [0.1, 0.15) is 32.2 Å². The van der Waals surface area contributed by atoms with Crippen LogP contribution in [0.3, 0.4) is 0 Å². The summed E-state index contributed by atoms with van der Waals surface area (Å²) in [5, 5.41) is 2.86. The summed E-state index contributed by atoms with van der Waals surface area (Å²) in [4.78, 5) is 35.9. The molecule has 0 atom stereocenters. The summed E-state index contributed by atoms with van der Waals surface area (Å²) < 4.78 is 5.27. The van der Waals surface area contributed by atoms with Crippen LogP contribution in [-0.2, 0) is 6.42 Å². The smallest absolute Gasteiger partial charge is 0.259 e. The van der Waals surface area contributed by atoms with Crippen molar-refractivity contribution < 1.29 is 14.3 Å². The average Bonchev–Trinajstić information content (AvgIpc) is 3.17. The third-order valence-corrected chi connectivity index (χ3v) is 5.92. The number of anilines is 2. The van der Waals surface area contributed by atoms with E-state index in [9.17, 15) is 9.59 Å². The van der Waals surface area contributed by atoms with Crippen molar-refractivity contribution in [2.75, 3.05) is 23.9 Å². The number of hydrogen-bond acceptors (Lipinski definition) is 4. The predicted molar refractivity (Wildman–Crippen MR) is 139 cm³/mol. The number of aromatic nitrogens is 2. The predicted octanol–water partition coefficient (Wildman–Crippen LogP) is 5.27. The van der Waals surface area contributed by atoms with E-state index in [4.69, 9.17) is 4.74 Å². The van der Waals surface area contributed by atoms with Gasteiger partial charge in [0.15, 0.2) is 0 Å². The van der Waals surface area contributed by atoms with E-state index in [1.54, 1.807) is 47.4 Å². The lowest BCUT2D eigenvalue weighted by atomic mass is 10.1. The third-order valence-electron chi connectivity index (χ3n) is 5.92. The van der Waals surface area contributed by atoms with Crippen molar-refractivity contribution in [1.82, 2.24) is 9.97 Å². The van der Waals surface area contributed by atoms with Crippen LogP contribution in [0.2, 0.25) is 0 Å². The molecule has 5 rings (SSSR count). The van der Waals surface area contributed by atoms with Crippen LogP contribution in [0.4, 0.5) is 11.4 Å². The molecule has 0 fully saturated rings. The second-order valence-electron chi connectivity index (χ2n) is 8.10. The molecule has 8 heteroatoms. The van der Waals surface area contributed by atoms with Crippen molar-refractivity contribution in [1.29, 1.82) is 0 Å². The van der Waals surface area contributed by atoms with Crippen molar-refractivity contribution in [3.8, 4) is 17.0 Å². The molecule has 1 aromatic heterocycles. The van der Waals surface area contributed by atoms with Crippen molar-refractivity contribution in [2.45, 2.75) is 13.3 Å². The average molecular weight is 489 g/mol. The van der Waals surface area contributed by atoms with Gasteiger partial charge in [-0.3, -0.25) is 9.59 Å². The molecule has 7 nitrogen and oxygen atoms in total. The molecule has 3 aromatic carbocycles. The van der Waals surface area contributed by atoms with E-state index in [1.807, 2.05) is 37.3 Å². The molecule has 0 bridgehead atoms. The molecular weight excluding hydrogens is 464 g/mol. The summed E-state index contributed by atoms with van der Waals surface area (Å²) in [6, 6.07) is 21.8. The Kier molecular flexibility index (Phi) is 6.89. The van der Waals surface area contributed by atoms with Crippen LogP contribution < -0.4 is 15.0 Å². The number of halogens is 1. The van der Waals surface area contributed by atoms with Crippen LogP contribution in [-0.4, -0.2) is 35.4 Å². The number of imidazole rings is 1. The lowest BCUT2D eigenvalue weighted by Gasteiger charge is -2.23. The molecule has 2 heterocycles. The van der Waals surface area contributed by atoms with Crippen LogP contribution in [0.15, 0.2) is 72.8 Å². The number of H-pyrrole nitrogens is 1. The number of methoxy groups -OCH3 is 1. The number of para-hydroxylation sites is 2. The van der Waals surface area contributed by atoms with Gasteiger partial charge in [-0.1, -0.05) is 30.3 Å². The molecule has 2 N–H and O–H groups in total. The van der Waals surface area contributed by atoms with E-state index in [0.29, 0.717) is 35.5 Å². The number of ether oxygens (including phenoxy) is 1. The van der Waals surface area contributed by atoms with Gasteiger partial charge in [0.05, 0.1) is 29.7 Å². The second-order valence-corrected chi connectivity index (χ2v) is 8.10. The Hall–Kier alpha value is -4.10. The monoisotopic (exact) mass is 488 g/mol. The molecule has 0 unspecified atom stereocenters. The van der Waals surface area contributed by atoms with Crippen LogP contribution >= 0.6 is 12.4 Å². The normalized spacial score (nSPS) is 12.0. The van der Waals surface area contributed by atoms with Gasteiger partial charge in [-0.15, -0.1) is 12.4 Å². The van der Waals surface area contributed by atoms with Gasteiger partial charge in [-0.25, -0.2) is 4.98 Å². The Morgan fingerprint density at radius 1 is 1.00 bits per heavy atom. The number of aromatic amines is 1. The number of aryl methyl sites for hydroxylation is 1. The minimum atomic E-state index is -0.276. The van der Waals surface area contributed by atoms with Crippen LogP contribution in [0.25, 0.3) is 11.3 Å². The first-order chi connectivity index (χ1) is 16.5. The van der Waals surface area contributed by atoms with E-state index in [-0.39, 0.29) is 24.2 Å². The van der Waals surface area contributed by atoms with Gasteiger partial charge in [0.1, 0.15) is 11.6 Å². The minimum Gasteiger partial charge on any atom is -0.496 e. The lowest BCUT2D eigenvalue weighted by molar-refractivity contribution is 0.0986. The van der Waals surface area contributed by atoms with Gasteiger partial charge in [-0.05, 0) is 49.4 Å². The van der Waals surface area contributed by atoms with Gasteiger partial charge in [0.25, 0.3) is 11.8 Å². The zero-order valence-corrected chi connectivity index (χ0v) is 20.2.